The zero-order valence-corrected chi connectivity index (χ0v) is 10.8. The van der Waals surface area contributed by atoms with Gasteiger partial charge in [0.05, 0.1) is 11.3 Å². The summed E-state index contributed by atoms with van der Waals surface area (Å²) in [5.74, 6) is -0.471. The molecule has 2 aromatic rings. The molecule has 0 aliphatic carbocycles. The van der Waals surface area contributed by atoms with E-state index in [4.69, 9.17) is 0 Å². The molecule has 0 aliphatic heterocycles. The van der Waals surface area contributed by atoms with E-state index in [1.165, 1.54) is 36.7 Å². The molecule has 0 aliphatic rings. The molecule has 1 N–H and O–H groups in total. The maximum absolute atomic E-state index is 12.9. The Morgan fingerprint density at radius 1 is 1.15 bits per heavy atom. The van der Waals surface area contributed by atoms with Gasteiger partial charge in [-0.1, -0.05) is 6.07 Å². The molecule has 20 heavy (non-hydrogen) atoms. The number of aromatic nitrogens is 1. The van der Waals surface area contributed by atoms with Gasteiger partial charge in [0.25, 0.3) is 0 Å². The minimum Gasteiger partial charge on any atom is -0.503 e. The van der Waals surface area contributed by atoms with Crippen molar-refractivity contribution in [1.29, 1.82) is 0 Å². The first kappa shape index (κ1) is 14.2. The molecule has 1 aromatic heterocycles. The average Bonchev–Trinajstić information content (AvgIpc) is 2.36. The van der Waals surface area contributed by atoms with Crippen LogP contribution in [0.25, 0.3) is 5.69 Å². The third-order valence-corrected chi connectivity index (χ3v) is 3.12. The van der Waals surface area contributed by atoms with Gasteiger partial charge in [0.2, 0.25) is 5.43 Å². The number of halogens is 3. The van der Waals surface area contributed by atoms with Crippen LogP contribution in [0.5, 0.6) is 5.75 Å². The van der Waals surface area contributed by atoms with Crippen molar-refractivity contribution in [2.24, 2.45) is 0 Å². The number of aromatic hydroxyl groups is 1. The number of nitrogens with zero attached hydrogens (tertiary/aromatic N) is 1. The van der Waals surface area contributed by atoms with Gasteiger partial charge in [-0.3, -0.25) is 4.79 Å². The number of aryl methyl sites for hydroxylation is 1. The molecule has 0 bridgehead atoms. The second kappa shape index (κ2) is 4.70. The summed E-state index contributed by atoms with van der Waals surface area (Å²) < 4.78 is 40.0. The fraction of sp³-hybridized carbons (Fsp3) is 0.214. The molecule has 106 valence electrons. The van der Waals surface area contributed by atoms with E-state index in [1.54, 1.807) is 0 Å². The number of benzene rings is 1. The van der Waals surface area contributed by atoms with E-state index in [2.05, 4.69) is 0 Å². The Bertz CT molecular complexity index is 717. The summed E-state index contributed by atoms with van der Waals surface area (Å²) in [6, 6.07) is 4.95. The second-order valence-electron chi connectivity index (χ2n) is 4.48. The lowest BCUT2D eigenvalue weighted by molar-refractivity contribution is -0.138. The first-order valence-corrected chi connectivity index (χ1v) is 5.81. The molecule has 0 spiro atoms. The fourth-order valence-corrected chi connectivity index (χ4v) is 1.97. The highest BCUT2D eigenvalue weighted by molar-refractivity contribution is 5.44. The second-order valence-corrected chi connectivity index (χ2v) is 4.48. The van der Waals surface area contributed by atoms with Crippen LogP contribution in [0.15, 0.2) is 35.3 Å². The van der Waals surface area contributed by atoms with Crippen LogP contribution < -0.4 is 5.43 Å². The van der Waals surface area contributed by atoms with Gasteiger partial charge < -0.3 is 9.67 Å². The van der Waals surface area contributed by atoms with E-state index >= 15 is 0 Å². The normalized spacial score (nSPS) is 11.7. The van der Waals surface area contributed by atoms with Crippen molar-refractivity contribution in [2.75, 3.05) is 0 Å². The number of hydrogen-bond acceptors (Lipinski definition) is 2. The highest BCUT2D eigenvalue weighted by atomic mass is 19.4. The Morgan fingerprint density at radius 2 is 1.80 bits per heavy atom. The largest absolute Gasteiger partial charge is 0.503 e. The minimum absolute atomic E-state index is 0.115. The SMILES string of the molecule is Cc1ccc(-n2ccc(=O)c(O)c2C)cc1C(F)(F)F. The third-order valence-electron chi connectivity index (χ3n) is 3.12. The van der Waals surface area contributed by atoms with Crippen LogP contribution in [0.2, 0.25) is 0 Å². The van der Waals surface area contributed by atoms with Crippen LogP contribution in [0.1, 0.15) is 16.8 Å². The number of pyridine rings is 1. The highest BCUT2D eigenvalue weighted by Crippen LogP contribution is 2.33. The quantitative estimate of drug-likeness (QED) is 0.873. The van der Waals surface area contributed by atoms with Gasteiger partial charge in [-0.25, -0.2) is 0 Å². The van der Waals surface area contributed by atoms with E-state index in [9.17, 15) is 23.1 Å². The van der Waals surface area contributed by atoms with Crippen LogP contribution in [0.4, 0.5) is 13.2 Å². The molecule has 0 amide bonds. The van der Waals surface area contributed by atoms with Gasteiger partial charge in [0, 0.05) is 18.0 Å². The van der Waals surface area contributed by atoms with Gasteiger partial charge in [0.1, 0.15) is 0 Å². The molecule has 0 radical (unpaired) electrons. The van der Waals surface area contributed by atoms with Gasteiger partial charge in [-0.2, -0.15) is 13.2 Å². The van der Waals surface area contributed by atoms with Crippen molar-refractivity contribution < 1.29 is 18.3 Å². The summed E-state index contributed by atoms with van der Waals surface area (Å²) in [5.41, 5.74) is -0.774. The highest BCUT2D eigenvalue weighted by Gasteiger charge is 2.32. The predicted octanol–water partition coefficient (Wildman–Crippen LogP) is 3.18. The average molecular weight is 283 g/mol. The molecule has 0 atom stereocenters. The van der Waals surface area contributed by atoms with E-state index in [0.29, 0.717) is 0 Å². The van der Waals surface area contributed by atoms with Crippen LogP contribution in [-0.2, 0) is 6.18 Å². The molecule has 6 heteroatoms. The van der Waals surface area contributed by atoms with E-state index in [-0.39, 0.29) is 16.9 Å². The van der Waals surface area contributed by atoms with Crippen molar-refractivity contribution in [3.8, 4) is 11.4 Å². The molecule has 0 unspecified atom stereocenters. The maximum Gasteiger partial charge on any atom is 0.416 e. The Balaban J connectivity index is 2.66. The standard InChI is InChI=1S/C14H12F3NO2/c1-8-3-4-10(7-11(8)14(15,16)17)18-6-5-12(19)13(20)9(18)2/h3-7,20H,1-2H3. The summed E-state index contributed by atoms with van der Waals surface area (Å²) >= 11 is 0. The van der Waals surface area contributed by atoms with Gasteiger partial charge >= 0.3 is 6.18 Å². The lowest BCUT2D eigenvalue weighted by atomic mass is 10.1. The number of rotatable bonds is 1. The summed E-state index contributed by atoms with van der Waals surface area (Å²) in [6.45, 7) is 2.84. The summed E-state index contributed by atoms with van der Waals surface area (Å²) in [4.78, 5) is 11.3. The molecular weight excluding hydrogens is 271 g/mol. The minimum atomic E-state index is -4.45. The smallest absolute Gasteiger partial charge is 0.416 e. The Labute approximate surface area is 112 Å². The molecular formula is C14H12F3NO2. The van der Waals surface area contributed by atoms with Crippen molar-refractivity contribution in [1.82, 2.24) is 4.57 Å². The van der Waals surface area contributed by atoms with Crippen LogP contribution in [0, 0.1) is 13.8 Å². The lowest BCUT2D eigenvalue weighted by Gasteiger charge is -2.15. The summed E-state index contributed by atoms with van der Waals surface area (Å²) in [7, 11) is 0. The molecule has 0 saturated carbocycles. The maximum atomic E-state index is 12.9. The van der Waals surface area contributed by atoms with E-state index < -0.39 is 22.9 Å². The summed E-state index contributed by atoms with van der Waals surface area (Å²) in [6.07, 6.45) is -3.11. The molecule has 3 nitrogen and oxygen atoms in total. The molecule has 2 rings (SSSR count). The molecule has 1 aromatic carbocycles. The van der Waals surface area contributed by atoms with Gasteiger partial charge in [0.15, 0.2) is 5.75 Å². The van der Waals surface area contributed by atoms with Crippen LogP contribution in [0.3, 0.4) is 0 Å². The Hall–Kier alpha value is -2.24. The Morgan fingerprint density at radius 3 is 2.40 bits per heavy atom. The van der Waals surface area contributed by atoms with Crippen LogP contribution in [-0.4, -0.2) is 9.67 Å². The first-order chi connectivity index (χ1) is 9.21. The topological polar surface area (TPSA) is 42.2 Å². The molecule has 0 fully saturated rings. The third kappa shape index (κ3) is 2.41. The first-order valence-electron chi connectivity index (χ1n) is 5.81. The van der Waals surface area contributed by atoms with Crippen molar-refractivity contribution in [3.05, 3.63) is 57.5 Å². The number of hydrogen-bond donors (Lipinski definition) is 1. The Kier molecular flexibility index (Phi) is 3.33. The zero-order valence-electron chi connectivity index (χ0n) is 10.8. The number of alkyl halides is 3. The lowest BCUT2D eigenvalue weighted by Crippen LogP contribution is -2.11. The van der Waals surface area contributed by atoms with Crippen molar-refractivity contribution >= 4 is 0 Å². The van der Waals surface area contributed by atoms with Gasteiger partial charge in [-0.05, 0) is 31.5 Å². The predicted molar refractivity (Wildman–Crippen MR) is 68.2 cm³/mol. The van der Waals surface area contributed by atoms with E-state index in [0.717, 1.165) is 12.1 Å². The fourth-order valence-electron chi connectivity index (χ4n) is 1.97. The van der Waals surface area contributed by atoms with Crippen molar-refractivity contribution in [3.63, 3.8) is 0 Å². The van der Waals surface area contributed by atoms with Crippen LogP contribution >= 0.6 is 0 Å². The molecule has 1 heterocycles. The zero-order chi connectivity index (χ0) is 15.1. The van der Waals surface area contributed by atoms with Crippen molar-refractivity contribution in [2.45, 2.75) is 20.0 Å². The van der Waals surface area contributed by atoms with E-state index in [1.807, 2.05) is 0 Å². The van der Waals surface area contributed by atoms with Gasteiger partial charge in [-0.15, -0.1) is 0 Å². The summed E-state index contributed by atoms with van der Waals surface area (Å²) in [5, 5.41) is 9.58. The molecule has 0 saturated heterocycles. The monoisotopic (exact) mass is 283 g/mol.